The van der Waals surface area contributed by atoms with Gasteiger partial charge >= 0.3 is 6.18 Å². The third kappa shape index (κ3) is 4.38. The van der Waals surface area contributed by atoms with Gasteiger partial charge in [-0.3, -0.25) is 0 Å². The fourth-order valence-corrected chi connectivity index (χ4v) is 0.705. The van der Waals surface area contributed by atoms with Crippen molar-refractivity contribution >= 4 is 0 Å². The zero-order chi connectivity index (χ0) is 9.61. The Morgan fingerprint density at radius 1 is 1.42 bits per heavy atom. The maximum Gasteiger partial charge on any atom is 0.412 e. The first-order chi connectivity index (χ1) is 5.52. The molecule has 4 heteroatoms. The monoisotopic (exact) mass is 181 g/mol. The van der Waals surface area contributed by atoms with Gasteiger partial charge in [0.15, 0.2) is 0 Å². The largest absolute Gasteiger partial charge is 0.412 e. The van der Waals surface area contributed by atoms with E-state index in [9.17, 15) is 13.2 Å². The van der Waals surface area contributed by atoms with Gasteiger partial charge in [-0.25, -0.2) is 0 Å². The molecule has 0 saturated carbocycles. The Balaban J connectivity index is 4.05. The molecule has 0 saturated heterocycles. The molecule has 0 aromatic heterocycles. The summed E-state index contributed by atoms with van der Waals surface area (Å²) in [6.07, 6.45) is -3.18. The summed E-state index contributed by atoms with van der Waals surface area (Å²) in [6, 6.07) is 0. The van der Waals surface area contributed by atoms with Gasteiger partial charge in [-0.2, -0.15) is 13.2 Å². The minimum atomic E-state index is -4.22. The molecule has 0 aliphatic rings. The van der Waals surface area contributed by atoms with Crippen LogP contribution in [-0.2, 0) is 4.74 Å². The Bertz CT molecular complexity index is 149. The molecule has 12 heavy (non-hydrogen) atoms. The first-order valence-corrected chi connectivity index (χ1v) is 3.68. The molecule has 0 N–H and O–H groups in total. The van der Waals surface area contributed by atoms with Crippen molar-refractivity contribution in [1.82, 2.24) is 0 Å². The maximum absolute atomic E-state index is 12.0. The average molecular weight is 181 g/mol. The molecule has 0 aliphatic heterocycles. The third-order valence-corrected chi connectivity index (χ3v) is 1.34. The van der Waals surface area contributed by atoms with Crippen molar-refractivity contribution in [2.24, 2.45) is 0 Å². The molecule has 0 bridgehead atoms. The summed E-state index contributed by atoms with van der Waals surface area (Å²) in [5.41, 5.74) is -0.538. The Morgan fingerprint density at radius 3 is 2.33 bits per heavy atom. The van der Waals surface area contributed by atoms with Gasteiger partial charge in [0, 0.05) is 5.57 Å². The molecule has 0 spiro atoms. The maximum atomic E-state index is 12.0. The van der Waals surface area contributed by atoms with Crippen molar-refractivity contribution in [3.05, 3.63) is 18.3 Å². The van der Waals surface area contributed by atoms with Crippen molar-refractivity contribution in [2.45, 2.75) is 26.4 Å². The molecular weight excluding hydrogens is 169 g/mol. The normalized spacial score (nSPS) is 13.6. The van der Waals surface area contributed by atoms with Crippen LogP contribution in [0.3, 0.4) is 0 Å². The van der Waals surface area contributed by atoms with Crippen LogP contribution in [0.2, 0.25) is 0 Å². The van der Waals surface area contributed by atoms with Crippen LogP contribution >= 0.6 is 0 Å². The lowest BCUT2D eigenvalue weighted by molar-refractivity contribution is -0.0940. The summed E-state index contributed by atoms with van der Waals surface area (Å²) in [4.78, 5) is 0. The topological polar surface area (TPSA) is 9.23 Å². The predicted octanol–water partition coefficient (Wildman–Crippen LogP) is 3.08. The van der Waals surface area contributed by atoms with Gasteiger partial charge in [0.25, 0.3) is 0 Å². The predicted molar refractivity (Wildman–Crippen MR) is 40.4 cm³/mol. The van der Waals surface area contributed by atoms with Crippen molar-refractivity contribution < 1.29 is 17.9 Å². The number of allylic oxidation sites excluding steroid dienone is 1. The summed E-state index contributed by atoms with van der Waals surface area (Å²) in [6.45, 7) is 4.43. The molecule has 0 aromatic carbocycles. The van der Waals surface area contributed by atoms with E-state index in [4.69, 9.17) is 0 Å². The van der Waals surface area contributed by atoms with Crippen LogP contribution in [0.25, 0.3) is 0 Å². The molecule has 0 amide bonds. The lowest BCUT2D eigenvalue weighted by Crippen LogP contribution is -2.11. The second kappa shape index (κ2) is 5.19. The van der Waals surface area contributed by atoms with E-state index in [1.54, 1.807) is 6.92 Å². The highest BCUT2D eigenvalue weighted by atomic mass is 19.4. The highest BCUT2D eigenvalue weighted by Gasteiger charge is 2.31. The van der Waals surface area contributed by atoms with Gasteiger partial charge in [0.1, 0.15) is 0 Å². The van der Waals surface area contributed by atoms with Gasteiger partial charge in [-0.05, 0) is 13.3 Å². The summed E-state index contributed by atoms with van der Waals surface area (Å²) in [7, 11) is 0. The van der Waals surface area contributed by atoms with Crippen LogP contribution in [0.1, 0.15) is 20.3 Å². The number of alkyl halides is 3. The molecular formula is C8H12F3O. The summed E-state index contributed by atoms with van der Waals surface area (Å²) in [5.74, 6) is 0. The van der Waals surface area contributed by atoms with E-state index in [1.165, 1.54) is 13.5 Å². The van der Waals surface area contributed by atoms with E-state index >= 15 is 0 Å². The van der Waals surface area contributed by atoms with Gasteiger partial charge in [0.2, 0.25) is 0 Å². The smallest absolute Gasteiger partial charge is 0.372 e. The zero-order valence-corrected chi connectivity index (χ0v) is 7.11. The zero-order valence-electron chi connectivity index (χ0n) is 7.11. The Hall–Kier alpha value is -0.510. The van der Waals surface area contributed by atoms with Crippen molar-refractivity contribution in [3.8, 4) is 0 Å². The fraction of sp³-hybridized carbons (Fsp3) is 0.625. The number of ether oxygens (including phenoxy) is 1. The molecule has 1 radical (unpaired) electrons. The van der Waals surface area contributed by atoms with E-state index in [2.05, 4.69) is 4.74 Å². The van der Waals surface area contributed by atoms with E-state index in [-0.39, 0.29) is 13.0 Å². The van der Waals surface area contributed by atoms with E-state index in [1.807, 2.05) is 0 Å². The molecule has 0 aliphatic carbocycles. The van der Waals surface area contributed by atoms with Crippen LogP contribution in [0.4, 0.5) is 13.2 Å². The van der Waals surface area contributed by atoms with Gasteiger partial charge in [0.05, 0.1) is 13.2 Å². The highest BCUT2D eigenvalue weighted by Crippen LogP contribution is 2.27. The fourth-order valence-electron chi connectivity index (χ4n) is 0.705. The first kappa shape index (κ1) is 11.5. The molecule has 0 atom stereocenters. The molecule has 71 valence electrons. The van der Waals surface area contributed by atoms with E-state index < -0.39 is 11.7 Å². The lowest BCUT2D eigenvalue weighted by Gasteiger charge is -2.08. The standard InChI is InChI=1S/C8H12F3O/c1-3-7(8(9,10)11)5-6-12-4-2/h4-5H,3,6H2,1-2H3/b7-5-. The molecule has 0 rings (SSSR count). The first-order valence-electron chi connectivity index (χ1n) is 3.68. The average Bonchev–Trinajstić information content (AvgIpc) is 1.95. The van der Waals surface area contributed by atoms with Gasteiger partial charge in [-0.1, -0.05) is 13.0 Å². The molecule has 0 unspecified atom stereocenters. The van der Waals surface area contributed by atoms with Crippen molar-refractivity contribution in [3.63, 3.8) is 0 Å². The third-order valence-electron chi connectivity index (χ3n) is 1.34. The molecule has 0 fully saturated rings. The molecule has 0 aromatic rings. The minimum absolute atomic E-state index is 0.0147. The summed E-state index contributed by atoms with van der Waals surface area (Å²) < 4.78 is 40.7. The SMILES string of the molecule is C[CH]OC/C=C(/CC)C(F)(F)F. The Labute approximate surface area is 70.2 Å². The lowest BCUT2D eigenvalue weighted by atomic mass is 10.2. The van der Waals surface area contributed by atoms with Crippen LogP contribution in [0.5, 0.6) is 0 Å². The summed E-state index contributed by atoms with van der Waals surface area (Å²) in [5, 5.41) is 0. The second-order valence-electron chi connectivity index (χ2n) is 2.15. The number of rotatable bonds is 4. The van der Waals surface area contributed by atoms with Crippen molar-refractivity contribution in [1.29, 1.82) is 0 Å². The van der Waals surface area contributed by atoms with Gasteiger partial charge in [-0.15, -0.1) is 0 Å². The minimum Gasteiger partial charge on any atom is -0.372 e. The van der Waals surface area contributed by atoms with Crippen LogP contribution in [-0.4, -0.2) is 12.8 Å². The molecule has 1 nitrogen and oxygen atoms in total. The Morgan fingerprint density at radius 2 is 2.00 bits per heavy atom. The quantitative estimate of drug-likeness (QED) is 0.478. The molecule has 0 heterocycles. The van der Waals surface area contributed by atoms with E-state index in [0.29, 0.717) is 0 Å². The number of hydrogen-bond acceptors (Lipinski definition) is 1. The highest BCUT2D eigenvalue weighted by molar-refractivity contribution is 5.08. The number of halogens is 3. The summed E-state index contributed by atoms with van der Waals surface area (Å²) >= 11 is 0. The Kier molecular flexibility index (Phi) is 4.97. The van der Waals surface area contributed by atoms with E-state index in [0.717, 1.165) is 6.08 Å². The van der Waals surface area contributed by atoms with Crippen molar-refractivity contribution in [2.75, 3.05) is 6.61 Å². The number of hydrogen-bond donors (Lipinski definition) is 0. The van der Waals surface area contributed by atoms with Crippen LogP contribution < -0.4 is 0 Å². The van der Waals surface area contributed by atoms with Crippen LogP contribution in [0, 0.1) is 6.61 Å². The second-order valence-corrected chi connectivity index (χ2v) is 2.15. The van der Waals surface area contributed by atoms with Crippen LogP contribution in [0.15, 0.2) is 11.6 Å². The van der Waals surface area contributed by atoms with Gasteiger partial charge < -0.3 is 4.74 Å².